The minimum absolute atomic E-state index is 0.127. The van der Waals surface area contributed by atoms with E-state index < -0.39 is 10.0 Å². The van der Waals surface area contributed by atoms with Crippen LogP contribution in [-0.4, -0.2) is 47.6 Å². The molecule has 0 spiro atoms. The molecule has 1 saturated heterocycles. The van der Waals surface area contributed by atoms with Gasteiger partial charge in [-0.1, -0.05) is 0 Å². The highest BCUT2D eigenvalue weighted by molar-refractivity contribution is 7.90. The maximum atomic E-state index is 12.3. The normalized spacial score (nSPS) is 24.0. The highest BCUT2D eigenvalue weighted by Gasteiger charge is 2.41. The fourth-order valence-corrected chi connectivity index (χ4v) is 4.57. The summed E-state index contributed by atoms with van der Waals surface area (Å²) >= 11 is 0. The number of aryl methyl sites for hydroxylation is 1. The van der Waals surface area contributed by atoms with Gasteiger partial charge in [0.1, 0.15) is 0 Å². The average Bonchev–Trinajstić information content (AvgIpc) is 3.32. The molecule has 0 N–H and O–H groups in total. The molecular formula is C14H21N3O3S. The lowest BCUT2D eigenvalue weighted by Gasteiger charge is -2.31. The van der Waals surface area contributed by atoms with E-state index in [2.05, 4.69) is 9.97 Å². The first kappa shape index (κ1) is 14.7. The van der Waals surface area contributed by atoms with Crippen LogP contribution in [0, 0.1) is 12.8 Å². The van der Waals surface area contributed by atoms with E-state index >= 15 is 0 Å². The average molecular weight is 311 g/mol. The summed E-state index contributed by atoms with van der Waals surface area (Å²) in [7, 11) is -3.06. The zero-order chi connectivity index (χ0) is 14.9. The van der Waals surface area contributed by atoms with Gasteiger partial charge in [0.15, 0.2) is 0 Å². The van der Waals surface area contributed by atoms with Crippen LogP contribution < -0.4 is 4.74 Å². The molecule has 6 nitrogen and oxygen atoms in total. The molecule has 1 aromatic rings. The van der Waals surface area contributed by atoms with Crippen molar-refractivity contribution < 1.29 is 13.2 Å². The molecule has 1 atom stereocenters. The molecule has 1 unspecified atom stereocenters. The second kappa shape index (κ2) is 5.88. The smallest absolute Gasteiger partial charge is 0.316 e. The minimum atomic E-state index is -3.06. The summed E-state index contributed by atoms with van der Waals surface area (Å²) in [6.07, 6.45) is 6.95. The first-order chi connectivity index (χ1) is 10.1. The Morgan fingerprint density at radius 3 is 2.67 bits per heavy atom. The van der Waals surface area contributed by atoms with Gasteiger partial charge in [-0.05, 0) is 38.2 Å². The number of aromatic nitrogens is 2. The van der Waals surface area contributed by atoms with Crippen molar-refractivity contribution in [3.05, 3.63) is 18.0 Å². The molecule has 1 aliphatic heterocycles. The molecule has 0 bridgehead atoms. The second-order valence-electron chi connectivity index (χ2n) is 5.96. The first-order valence-corrected chi connectivity index (χ1v) is 8.96. The van der Waals surface area contributed by atoms with Crippen LogP contribution in [0.2, 0.25) is 0 Å². The Hall–Kier alpha value is -1.21. The van der Waals surface area contributed by atoms with Gasteiger partial charge in [0.05, 0.1) is 11.9 Å². The Labute approximate surface area is 125 Å². The monoisotopic (exact) mass is 311 g/mol. The fraction of sp³-hybridized carbons (Fsp3) is 0.714. The van der Waals surface area contributed by atoms with Crippen molar-refractivity contribution in [1.82, 2.24) is 14.3 Å². The molecule has 3 rings (SSSR count). The Morgan fingerprint density at radius 2 is 2.00 bits per heavy atom. The Balaban J connectivity index is 1.55. The molecule has 1 aromatic heterocycles. The van der Waals surface area contributed by atoms with Crippen LogP contribution >= 0.6 is 0 Å². The molecule has 2 aliphatic rings. The van der Waals surface area contributed by atoms with E-state index in [0.717, 1.165) is 31.2 Å². The van der Waals surface area contributed by atoms with Crippen molar-refractivity contribution in [1.29, 1.82) is 0 Å². The van der Waals surface area contributed by atoms with Crippen molar-refractivity contribution >= 4 is 10.0 Å². The number of hydrogen-bond donors (Lipinski definition) is 0. The van der Waals surface area contributed by atoms with Crippen molar-refractivity contribution in [3.63, 3.8) is 0 Å². The summed E-state index contributed by atoms with van der Waals surface area (Å²) in [5.74, 6) is 0.220. The van der Waals surface area contributed by atoms with Crippen LogP contribution in [0.1, 0.15) is 31.2 Å². The number of ether oxygens (including phenoxy) is 1. The number of rotatable bonds is 5. The van der Waals surface area contributed by atoms with Crippen LogP contribution in [0.4, 0.5) is 0 Å². The molecule has 21 heavy (non-hydrogen) atoms. The Morgan fingerprint density at radius 1 is 1.29 bits per heavy atom. The van der Waals surface area contributed by atoms with Crippen molar-refractivity contribution in [2.45, 2.75) is 37.9 Å². The molecular weight excluding hydrogens is 290 g/mol. The summed E-state index contributed by atoms with van der Waals surface area (Å²) < 4.78 is 31.8. The lowest BCUT2D eigenvalue weighted by atomic mass is 10.0. The van der Waals surface area contributed by atoms with Crippen LogP contribution in [0.3, 0.4) is 0 Å². The highest BCUT2D eigenvalue weighted by atomic mass is 32.2. The predicted molar refractivity (Wildman–Crippen MR) is 78.5 cm³/mol. The highest BCUT2D eigenvalue weighted by Crippen LogP contribution is 2.33. The maximum Gasteiger partial charge on any atom is 0.316 e. The summed E-state index contributed by atoms with van der Waals surface area (Å²) in [5, 5.41) is -0.127. The minimum Gasteiger partial charge on any atom is -0.463 e. The quantitative estimate of drug-likeness (QED) is 0.821. The molecule has 1 saturated carbocycles. The third kappa shape index (κ3) is 3.52. The fourth-order valence-electron chi connectivity index (χ4n) is 2.62. The summed E-state index contributed by atoms with van der Waals surface area (Å²) in [6, 6.07) is 0.364. The number of piperidine rings is 1. The molecule has 2 heterocycles. The van der Waals surface area contributed by atoms with Gasteiger partial charge in [-0.15, -0.1) is 0 Å². The maximum absolute atomic E-state index is 12.3. The third-order valence-corrected chi connectivity index (χ3v) is 6.36. The van der Waals surface area contributed by atoms with E-state index in [-0.39, 0.29) is 11.2 Å². The van der Waals surface area contributed by atoms with Crippen LogP contribution in [0.25, 0.3) is 0 Å². The van der Waals surface area contributed by atoms with Crippen molar-refractivity contribution in [3.8, 4) is 6.01 Å². The molecule has 0 aromatic carbocycles. The summed E-state index contributed by atoms with van der Waals surface area (Å²) in [5.41, 5.74) is 0.988. The molecule has 0 radical (unpaired) electrons. The molecule has 1 aliphatic carbocycles. The zero-order valence-corrected chi connectivity index (χ0v) is 13.1. The standard InChI is InChI=1S/C14H21N3O3S/c1-11-7-15-14(16-8-11)20-10-12-3-2-6-17(9-12)21(18,19)13-4-5-13/h7-8,12-13H,2-6,9-10H2,1H3. The SMILES string of the molecule is Cc1cnc(OCC2CCCN(S(=O)(=O)C3CC3)C2)nc1. The van der Waals surface area contributed by atoms with E-state index in [1.807, 2.05) is 6.92 Å². The number of nitrogens with zero attached hydrogens (tertiary/aromatic N) is 3. The number of hydrogen-bond acceptors (Lipinski definition) is 5. The van der Waals surface area contributed by atoms with E-state index in [9.17, 15) is 8.42 Å². The van der Waals surface area contributed by atoms with Gasteiger partial charge in [0, 0.05) is 31.4 Å². The Kier molecular flexibility index (Phi) is 4.12. The van der Waals surface area contributed by atoms with Gasteiger partial charge in [-0.25, -0.2) is 22.7 Å². The molecule has 7 heteroatoms. The van der Waals surface area contributed by atoms with Gasteiger partial charge in [-0.2, -0.15) is 0 Å². The zero-order valence-electron chi connectivity index (χ0n) is 12.2. The van der Waals surface area contributed by atoms with Gasteiger partial charge < -0.3 is 4.74 Å². The number of sulfonamides is 1. The van der Waals surface area contributed by atoms with Crippen molar-refractivity contribution in [2.24, 2.45) is 5.92 Å². The molecule has 0 amide bonds. The Bertz CT molecular complexity index is 584. The molecule has 116 valence electrons. The predicted octanol–water partition coefficient (Wildman–Crippen LogP) is 1.37. The molecule has 2 fully saturated rings. The third-order valence-electron chi connectivity index (χ3n) is 3.99. The van der Waals surface area contributed by atoms with Gasteiger partial charge >= 0.3 is 6.01 Å². The van der Waals surface area contributed by atoms with Gasteiger partial charge in [0.2, 0.25) is 10.0 Å². The van der Waals surface area contributed by atoms with E-state index in [1.165, 1.54) is 0 Å². The second-order valence-corrected chi connectivity index (χ2v) is 8.18. The van der Waals surface area contributed by atoms with E-state index in [4.69, 9.17) is 4.74 Å². The van der Waals surface area contributed by atoms with Crippen LogP contribution in [0.5, 0.6) is 6.01 Å². The van der Waals surface area contributed by atoms with E-state index in [1.54, 1.807) is 16.7 Å². The van der Waals surface area contributed by atoms with E-state index in [0.29, 0.717) is 25.7 Å². The lowest BCUT2D eigenvalue weighted by Crippen LogP contribution is -2.43. The topological polar surface area (TPSA) is 72.4 Å². The summed E-state index contributed by atoms with van der Waals surface area (Å²) in [4.78, 5) is 8.21. The largest absolute Gasteiger partial charge is 0.463 e. The summed E-state index contributed by atoms with van der Waals surface area (Å²) in [6.45, 7) is 3.60. The lowest BCUT2D eigenvalue weighted by molar-refractivity contribution is 0.171. The first-order valence-electron chi connectivity index (χ1n) is 7.46. The van der Waals surface area contributed by atoms with Gasteiger partial charge in [-0.3, -0.25) is 0 Å². The van der Waals surface area contributed by atoms with Crippen LogP contribution in [-0.2, 0) is 10.0 Å². The van der Waals surface area contributed by atoms with Crippen LogP contribution in [0.15, 0.2) is 12.4 Å². The van der Waals surface area contributed by atoms with Gasteiger partial charge in [0.25, 0.3) is 0 Å². The van der Waals surface area contributed by atoms with Crippen molar-refractivity contribution in [2.75, 3.05) is 19.7 Å².